The van der Waals surface area contributed by atoms with Crippen molar-refractivity contribution in [2.75, 3.05) is 27.3 Å². The molecule has 0 saturated carbocycles. The van der Waals surface area contributed by atoms with Crippen molar-refractivity contribution in [2.24, 2.45) is 0 Å². The molecule has 0 bridgehead atoms. The zero-order valence-electron chi connectivity index (χ0n) is 21.7. The van der Waals surface area contributed by atoms with Gasteiger partial charge in [0.1, 0.15) is 11.4 Å². The average molecular weight is 476 g/mol. The van der Waals surface area contributed by atoms with Crippen LogP contribution in [0.4, 0.5) is 4.79 Å². The highest BCUT2D eigenvalue weighted by Gasteiger charge is 2.45. The van der Waals surface area contributed by atoms with Gasteiger partial charge in [-0.2, -0.15) is 0 Å². The second-order valence-electron chi connectivity index (χ2n) is 10.2. The number of carbonyl (C=O) groups excluding carboxylic acids is 1. The third-order valence-electron chi connectivity index (χ3n) is 7.30. The van der Waals surface area contributed by atoms with E-state index in [2.05, 4.69) is 39.0 Å². The van der Waals surface area contributed by atoms with Gasteiger partial charge >= 0.3 is 6.09 Å². The van der Waals surface area contributed by atoms with Crippen LogP contribution >= 0.6 is 0 Å². The van der Waals surface area contributed by atoms with Gasteiger partial charge in [-0.05, 0) is 75.5 Å². The molecule has 0 radical (unpaired) electrons. The maximum Gasteiger partial charge on any atom is 0.410 e. The van der Waals surface area contributed by atoms with Crippen molar-refractivity contribution in [1.29, 1.82) is 0 Å². The van der Waals surface area contributed by atoms with Crippen molar-refractivity contribution in [3.8, 4) is 11.5 Å². The smallest absolute Gasteiger partial charge is 0.410 e. The number of fused-ring (bicyclic) bond motifs is 2. The summed E-state index contributed by atoms with van der Waals surface area (Å²) >= 11 is 0. The molecule has 184 valence electrons. The highest BCUT2D eigenvalue weighted by Crippen LogP contribution is 2.51. The van der Waals surface area contributed by atoms with Crippen molar-refractivity contribution in [1.82, 2.24) is 4.90 Å². The highest BCUT2D eigenvalue weighted by atomic mass is 28.4. The molecule has 7 heteroatoms. The minimum absolute atomic E-state index is 0.182. The van der Waals surface area contributed by atoms with Crippen LogP contribution in [0, 0.1) is 0 Å². The molecule has 0 unspecified atom stereocenters. The van der Waals surface area contributed by atoms with E-state index in [9.17, 15) is 4.79 Å². The van der Waals surface area contributed by atoms with Crippen molar-refractivity contribution in [2.45, 2.75) is 83.5 Å². The first-order valence-corrected chi connectivity index (χ1v) is 14.8. The molecule has 3 rings (SSSR count). The summed E-state index contributed by atoms with van der Waals surface area (Å²) in [4.78, 5) is 14.5. The SMILES string of the molecule is CC[Si](CC)(CC)OC1=CC2(CCN(C(=O)OC(C)(C)C)CC2)c2cc(OC)c(OC)cc21. The molecule has 2 aliphatic rings. The van der Waals surface area contributed by atoms with Crippen LogP contribution in [0.25, 0.3) is 5.76 Å². The van der Waals surface area contributed by atoms with Crippen LogP contribution in [0.3, 0.4) is 0 Å². The largest absolute Gasteiger partial charge is 0.543 e. The minimum Gasteiger partial charge on any atom is -0.543 e. The first-order chi connectivity index (χ1) is 15.6. The summed E-state index contributed by atoms with van der Waals surface area (Å²) in [5.41, 5.74) is 1.64. The van der Waals surface area contributed by atoms with Gasteiger partial charge in [0, 0.05) is 24.1 Å². The Morgan fingerprint density at radius 3 is 2.03 bits per heavy atom. The van der Waals surface area contributed by atoms with E-state index in [0.717, 1.165) is 48.0 Å². The lowest BCUT2D eigenvalue weighted by Crippen LogP contribution is -2.45. The van der Waals surface area contributed by atoms with Gasteiger partial charge < -0.3 is 23.5 Å². The van der Waals surface area contributed by atoms with E-state index < -0.39 is 13.9 Å². The Bertz CT molecular complexity index is 884. The fourth-order valence-corrected chi connectivity index (χ4v) is 7.58. The highest BCUT2D eigenvalue weighted by molar-refractivity contribution is 6.74. The van der Waals surface area contributed by atoms with Crippen LogP contribution in [0.15, 0.2) is 18.2 Å². The predicted octanol–water partition coefficient (Wildman–Crippen LogP) is 6.35. The van der Waals surface area contributed by atoms with E-state index in [-0.39, 0.29) is 11.5 Å². The Morgan fingerprint density at radius 2 is 1.55 bits per heavy atom. The molecule has 0 atom stereocenters. The summed E-state index contributed by atoms with van der Waals surface area (Å²) in [7, 11) is 1.48. The van der Waals surface area contributed by atoms with E-state index in [4.69, 9.17) is 18.6 Å². The summed E-state index contributed by atoms with van der Waals surface area (Å²) in [5.74, 6) is 2.42. The number of benzene rings is 1. The van der Waals surface area contributed by atoms with Crippen LogP contribution in [0.5, 0.6) is 11.5 Å². The molecule has 1 aliphatic carbocycles. The minimum atomic E-state index is -1.86. The maximum absolute atomic E-state index is 12.6. The summed E-state index contributed by atoms with van der Waals surface area (Å²) in [6, 6.07) is 7.42. The standard InChI is InChI=1S/C26H41NO5Si/c1-9-33(10-2,11-3)32-23-18-26(20-17-22(30-8)21(29-7)16-19(20)23)12-14-27(15-13-26)24(28)31-25(4,5)6/h16-18H,9-15H2,1-8H3. The maximum atomic E-state index is 12.6. The molecule has 33 heavy (non-hydrogen) atoms. The van der Waals surface area contributed by atoms with Gasteiger partial charge in [0.05, 0.1) is 14.2 Å². The fraction of sp³-hybridized carbons (Fsp3) is 0.654. The number of hydrogen-bond acceptors (Lipinski definition) is 5. The monoisotopic (exact) mass is 475 g/mol. The number of ether oxygens (including phenoxy) is 3. The Hall–Kier alpha value is -2.15. The summed E-state index contributed by atoms with van der Waals surface area (Å²) in [6.07, 6.45) is 3.73. The molecule has 0 aromatic heterocycles. The van der Waals surface area contributed by atoms with Gasteiger partial charge in [0.25, 0.3) is 0 Å². The molecular weight excluding hydrogens is 434 g/mol. The third-order valence-corrected chi connectivity index (χ3v) is 11.8. The van der Waals surface area contributed by atoms with Gasteiger partial charge in [0.15, 0.2) is 11.5 Å². The molecule has 1 amide bonds. The average Bonchev–Trinajstić information content (AvgIpc) is 3.07. The number of nitrogens with zero attached hydrogens (tertiary/aromatic N) is 1. The van der Waals surface area contributed by atoms with Crippen LogP contribution in [-0.4, -0.2) is 52.2 Å². The fourth-order valence-electron chi connectivity index (χ4n) is 5.01. The van der Waals surface area contributed by atoms with Crippen LogP contribution < -0.4 is 9.47 Å². The Morgan fingerprint density at radius 1 is 1.00 bits per heavy atom. The lowest BCUT2D eigenvalue weighted by molar-refractivity contribution is 0.0183. The van der Waals surface area contributed by atoms with Crippen LogP contribution in [-0.2, 0) is 14.6 Å². The number of likely N-dealkylation sites (tertiary alicyclic amines) is 1. The Kier molecular flexibility index (Phi) is 7.41. The van der Waals surface area contributed by atoms with Crippen molar-refractivity contribution < 1.29 is 23.4 Å². The Labute approximate surface area is 200 Å². The molecule has 0 N–H and O–H groups in total. The van der Waals surface area contributed by atoms with Crippen LogP contribution in [0.1, 0.15) is 65.5 Å². The molecule has 1 fully saturated rings. The second-order valence-corrected chi connectivity index (χ2v) is 14.9. The first kappa shape index (κ1) is 25.5. The first-order valence-electron chi connectivity index (χ1n) is 12.2. The molecule has 6 nitrogen and oxygen atoms in total. The number of piperidine rings is 1. The van der Waals surface area contributed by atoms with E-state index in [1.54, 1.807) is 14.2 Å². The van der Waals surface area contributed by atoms with E-state index in [0.29, 0.717) is 18.8 Å². The van der Waals surface area contributed by atoms with Gasteiger partial charge in [0.2, 0.25) is 8.32 Å². The molecule has 1 aliphatic heterocycles. The quantitative estimate of drug-likeness (QED) is 0.430. The van der Waals surface area contributed by atoms with Crippen LogP contribution in [0.2, 0.25) is 18.1 Å². The van der Waals surface area contributed by atoms with Crippen molar-refractivity contribution >= 4 is 20.2 Å². The Balaban J connectivity index is 1.97. The third kappa shape index (κ3) is 5.03. The summed E-state index contributed by atoms with van der Waals surface area (Å²) in [5, 5.41) is 0. The second kappa shape index (κ2) is 9.61. The zero-order chi connectivity index (χ0) is 24.4. The molecule has 1 heterocycles. The van der Waals surface area contributed by atoms with E-state index in [1.807, 2.05) is 25.7 Å². The van der Waals surface area contributed by atoms with Gasteiger partial charge in [-0.1, -0.05) is 20.8 Å². The topological polar surface area (TPSA) is 57.2 Å². The lowest BCUT2D eigenvalue weighted by Gasteiger charge is -2.39. The lowest BCUT2D eigenvalue weighted by atomic mass is 9.74. The van der Waals surface area contributed by atoms with Gasteiger partial charge in [-0.15, -0.1) is 0 Å². The number of allylic oxidation sites excluding steroid dienone is 1. The number of methoxy groups -OCH3 is 2. The van der Waals surface area contributed by atoms with E-state index >= 15 is 0 Å². The molecule has 1 aromatic rings. The van der Waals surface area contributed by atoms with Gasteiger partial charge in [-0.3, -0.25) is 0 Å². The molecular formula is C26H41NO5Si. The van der Waals surface area contributed by atoms with Gasteiger partial charge in [-0.25, -0.2) is 4.79 Å². The predicted molar refractivity (Wildman–Crippen MR) is 135 cm³/mol. The normalized spacial score (nSPS) is 17.5. The number of carbonyl (C=O) groups is 1. The zero-order valence-corrected chi connectivity index (χ0v) is 22.7. The molecule has 1 aromatic carbocycles. The number of amides is 1. The van der Waals surface area contributed by atoms with Crippen molar-refractivity contribution in [3.63, 3.8) is 0 Å². The summed E-state index contributed by atoms with van der Waals surface area (Å²) in [6.45, 7) is 13.7. The molecule has 1 spiro atoms. The number of hydrogen-bond donors (Lipinski definition) is 0. The van der Waals surface area contributed by atoms with E-state index in [1.165, 1.54) is 5.56 Å². The number of rotatable bonds is 7. The summed E-state index contributed by atoms with van der Waals surface area (Å²) < 4.78 is 23.8. The molecule has 1 saturated heterocycles. The van der Waals surface area contributed by atoms with Crippen molar-refractivity contribution in [3.05, 3.63) is 29.3 Å².